The molecule has 0 unspecified atom stereocenters. The summed E-state index contributed by atoms with van der Waals surface area (Å²) in [7, 11) is 0. The summed E-state index contributed by atoms with van der Waals surface area (Å²) in [6.07, 6.45) is 5.99. The Balaban J connectivity index is 2.63. The molecule has 4 nitrogen and oxygen atoms in total. The van der Waals surface area contributed by atoms with Gasteiger partial charge < -0.3 is 19.9 Å². The van der Waals surface area contributed by atoms with E-state index in [1.165, 1.54) is 0 Å². The second kappa shape index (κ2) is 9.26. The maximum atomic E-state index is 8.72. The van der Waals surface area contributed by atoms with E-state index in [-0.39, 0.29) is 13.2 Å². The Morgan fingerprint density at radius 1 is 1.32 bits per heavy atom. The molecular formula is C15H22NO3+. The van der Waals surface area contributed by atoms with E-state index in [9.17, 15) is 0 Å². The van der Waals surface area contributed by atoms with E-state index in [2.05, 4.69) is 11.2 Å². The SMILES string of the molecule is C#CCOc1ccc(C[NH2+]CCCO)cc1OCC. The van der Waals surface area contributed by atoms with Gasteiger partial charge in [0.25, 0.3) is 0 Å². The number of terminal acetylenes is 1. The van der Waals surface area contributed by atoms with Crippen LogP contribution in [0.4, 0.5) is 0 Å². The first-order valence-electron chi connectivity index (χ1n) is 6.56. The van der Waals surface area contributed by atoms with E-state index in [0.29, 0.717) is 12.4 Å². The lowest BCUT2D eigenvalue weighted by Crippen LogP contribution is -2.82. The molecule has 3 N–H and O–H groups in total. The Kier molecular flexibility index (Phi) is 7.48. The number of nitrogens with two attached hydrogens (primary N) is 1. The molecule has 1 aromatic rings. The first-order valence-corrected chi connectivity index (χ1v) is 6.56. The average Bonchev–Trinajstić information content (AvgIpc) is 2.43. The fourth-order valence-corrected chi connectivity index (χ4v) is 1.69. The van der Waals surface area contributed by atoms with Gasteiger partial charge in [-0.2, -0.15) is 0 Å². The van der Waals surface area contributed by atoms with E-state index in [0.717, 1.165) is 30.8 Å². The lowest BCUT2D eigenvalue weighted by Gasteiger charge is -2.11. The molecule has 0 spiro atoms. The Labute approximate surface area is 114 Å². The van der Waals surface area contributed by atoms with Crippen molar-refractivity contribution in [3.05, 3.63) is 23.8 Å². The highest BCUT2D eigenvalue weighted by atomic mass is 16.5. The molecule has 0 aliphatic rings. The third-order valence-corrected chi connectivity index (χ3v) is 2.57. The van der Waals surface area contributed by atoms with Gasteiger partial charge >= 0.3 is 0 Å². The molecular weight excluding hydrogens is 242 g/mol. The van der Waals surface area contributed by atoms with Gasteiger partial charge in [0.1, 0.15) is 13.2 Å². The van der Waals surface area contributed by atoms with Gasteiger partial charge in [-0.25, -0.2) is 0 Å². The highest BCUT2D eigenvalue weighted by Gasteiger charge is 2.07. The molecule has 0 aromatic heterocycles. The normalized spacial score (nSPS) is 9.95. The summed E-state index contributed by atoms with van der Waals surface area (Å²) in [5.41, 5.74) is 1.16. The van der Waals surface area contributed by atoms with E-state index in [4.69, 9.17) is 21.0 Å². The maximum Gasteiger partial charge on any atom is 0.162 e. The van der Waals surface area contributed by atoms with Crippen LogP contribution in [0, 0.1) is 12.3 Å². The van der Waals surface area contributed by atoms with Gasteiger partial charge in [-0.1, -0.05) is 5.92 Å². The molecule has 0 aliphatic heterocycles. The minimum Gasteiger partial charge on any atom is -0.490 e. The topological polar surface area (TPSA) is 55.3 Å². The average molecular weight is 264 g/mol. The van der Waals surface area contributed by atoms with Crippen molar-refractivity contribution in [2.45, 2.75) is 19.9 Å². The summed E-state index contributed by atoms with van der Waals surface area (Å²) < 4.78 is 11.0. The Bertz CT molecular complexity index is 412. The van der Waals surface area contributed by atoms with Crippen LogP contribution in [0.5, 0.6) is 11.5 Å². The van der Waals surface area contributed by atoms with Crippen molar-refractivity contribution in [2.24, 2.45) is 0 Å². The molecule has 0 aliphatic carbocycles. The fourth-order valence-electron chi connectivity index (χ4n) is 1.69. The summed E-state index contributed by atoms with van der Waals surface area (Å²) in [5, 5.41) is 10.9. The second-order valence-corrected chi connectivity index (χ2v) is 4.07. The van der Waals surface area contributed by atoms with Gasteiger partial charge in [-0.05, 0) is 25.1 Å². The van der Waals surface area contributed by atoms with Crippen LogP contribution < -0.4 is 14.8 Å². The molecule has 19 heavy (non-hydrogen) atoms. The van der Waals surface area contributed by atoms with Crippen molar-refractivity contribution < 1.29 is 19.9 Å². The highest BCUT2D eigenvalue weighted by molar-refractivity contribution is 5.43. The van der Waals surface area contributed by atoms with Gasteiger partial charge in [0.15, 0.2) is 11.5 Å². The van der Waals surface area contributed by atoms with Crippen LogP contribution in [0.1, 0.15) is 18.9 Å². The number of hydrogen-bond donors (Lipinski definition) is 2. The smallest absolute Gasteiger partial charge is 0.162 e. The number of benzene rings is 1. The first-order chi connectivity index (χ1) is 9.31. The predicted octanol–water partition coefficient (Wildman–Crippen LogP) is 0.543. The van der Waals surface area contributed by atoms with Gasteiger partial charge in [-0.15, -0.1) is 6.42 Å². The zero-order valence-electron chi connectivity index (χ0n) is 11.4. The summed E-state index contributed by atoms with van der Waals surface area (Å²) >= 11 is 0. The monoisotopic (exact) mass is 264 g/mol. The van der Waals surface area contributed by atoms with Gasteiger partial charge in [0.05, 0.1) is 13.2 Å². The largest absolute Gasteiger partial charge is 0.490 e. The highest BCUT2D eigenvalue weighted by Crippen LogP contribution is 2.28. The molecule has 0 saturated carbocycles. The molecule has 0 bridgehead atoms. The van der Waals surface area contributed by atoms with Crippen LogP contribution in [0.2, 0.25) is 0 Å². The molecule has 0 heterocycles. The van der Waals surface area contributed by atoms with Crippen molar-refractivity contribution in [3.63, 3.8) is 0 Å². The fraction of sp³-hybridized carbons (Fsp3) is 0.467. The van der Waals surface area contributed by atoms with E-state index in [1.54, 1.807) is 0 Å². The summed E-state index contributed by atoms with van der Waals surface area (Å²) in [6, 6.07) is 5.87. The summed E-state index contributed by atoms with van der Waals surface area (Å²) in [5.74, 6) is 3.85. The molecule has 104 valence electrons. The van der Waals surface area contributed by atoms with Crippen LogP contribution in [-0.4, -0.2) is 31.5 Å². The van der Waals surface area contributed by atoms with Crippen LogP contribution in [-0.2, 0) is 6.54 Å². The number of aliphatic hydroxyl groups is 1. The number of ether oxygens (including phenoxy) is 2. The first kappa shape index (κ1) is 15.4. The molecule has 1 rings (SSSR count). The summed E-state index contributed by atoms with van der Waals surface area (Å²) in [4.78, 5) is 0. The minimum absolute atomic E-state index is 0.236. The Morgan fingerprint density at radius 2 is 2.16 bits per heavy atom. The quantitative estimate of drug-likeness (QED) is 0.506. The number of quaternary nitrogens is 1. The summed E-state index contributed by atoms with van der Waals surface area (Å²) in [6.45, 7) is 4.77. The lowest BCUT2D eigenvalue weighted by atomic mass is 10.2. The molecule has 4 heteroatoms. The van der Waals surface area contributed by atoms with Crippen molar-refractivity contribution in [1.29, 1.82) is 0 Å². The number of rotatable bonds is 9. The second-order valence-electron chi connectivity index (χ2n) is 4.07. The van der Waals surface area contributed by atoms with Gasteiger partial charge in [-0.3, -0.25) is 0 Å². The minimum atomic E-state index is 0.236. The molecule has 0 radical (unpaired) electrons. The van der Waals surface area contributed by atoms with E-state index < -0.39 is 0 Å². The molecule has 0 atom stereocenters. The molecule has 0 fully saturated rings. The zero-order valence-corrected chi connectivity index (χ0v) is 11.4. The van der Waals surface area contributed by atoms with E-state index >= 15 is 0 Å². The van der Waals surface area contributed by atoms with Crippen LogP contribution in [0.25, 0.3) is 0 Å². The number of hydrogen-bond acceptors (Lipinski definition) is 3. The van der Waals surface area contributed by atoms with Crippen molar-refractivity contribution in [1.82, 2.24) is 0 Å². The van der Waals surface area contributed by atoms with Gasteiger partial charge in [0.2, 0.25) is 0 Å². The molecule has 1 aromatic carbocycles. The lowest BCUT2D eigenvalue weighted by molar-refractivity contribution is -0.671. The third-order valence-electron chi connectivity index (χ3n) is 2.57. The van der Waals surface area contributed by atoms with Crippen molar-refractivity contribution in [2.75, 3.05) is 26.4 Å². The van der Waals surface area contributed by atoms with Crippen LogP contribution in [0.15, 0.2) is 18.2 Å². The zero-order chi connectivity index (χ0) is 13.9. The number of aliphatic hydroxyl groups excluding tert-OH is 1. The van der Waals surface area contributed by atoms with Gasteiger partial charge in [0, 0.05) is 18.6 Å². The Hall–Kier alpha value is -1.70. The maximum absolute atomic E-state index is 8.72. The third kappa shape index (κ3) is 5.64. The van der Waals surface area contributed by atoms with Crippen LogP contribution >= 0.6 is 0 Å². The molecule has 0 saturated heterocycles. The molecule has 0 amide bonds. The van der Waals surface area contributed by atoms with Crippen LogP contribution in [0.3, 0.4) is 0 Å². The standard InChI is InChI=1S/C15H21NO3/c1-3-10-19-14-7-6-13(11-15(14)18-4-2)12-16-8-5-9-17/h1,6-7,11,16-17H,4-5,8-10,12H2,2H3/p+1. The van der Waals surface area contributed by atoms with Crippen molar-refractivity contribution in [3.8, 4) is 23.8 Å². The predicted molar refractivity (Wildman–Crippen MR) is 74.1 cm³/mol. The van der Waals surface area contributed by atoms with E-state index in [1.807, 2.05) is 25.1 Å². The Morgan fingerprint density at radius 3 is 2.84 bits per heavy atom. The van der Waals surface area contributed by atoms with Crippen molar-refractivity contribution >= 4 is 0 Å².